The average Bonchev–Trinajstić information content (AvgIpc) is 2.22. The molecular weight excluding hydrogens is 176 g/mol. The molecule has 0 aromatic rings. The van der Waals surface area contributed by atoms with Crippen LogP contribution in [-0.2, 0) is 9.47 Å². The first-order valence-electron chi connectivity index (χ1n) is 5.50. The lowest BCUT2D eigenvalue weighted by Gasteiger charge is -2.14. The number of rotatable bonds is 9. The molecule has 0 aromatic carbocycles. The van der Waals surface area contributed by atoms with Crippen LogP contribution in [0, 0.1) is 18.4 Å². The molecule has 0 aliphatic rings. The van der Waals surface area contributed by atoms with E-state index in [1.54, 1.807) is 0 Å². The van der Waals surface area contributed by atoms with E-state index in [-0.39, 0.29) is 0 Å². The van der Waals surface area contributed by atoms with Crippen LogP contribution in [0.3, 0.4) is 0 Å². The molecule has 0 rings (SSSR count). The lowest BCUT2D eigenvalue weighted by molar-refractivity contribution is 0.0634. The Morgan fingerprint density at radius 1 is 1.29 bits per heavy atom. The van der Waals surface area contributed by atoms with Gasteiger partial charge in [0, 0.05) is 6.61 Å². The summed E-state index contributed by atoms with van der Waals surface area (Å²) in [6, 6.07) is 0. The van der Waals surface area contributed by atoms with Crippen molar-refractivity contribution in [2.45, 2.75) is 39.5 Å². The van der Waals surface area contributed by atoms with Gasteiger partial charge in [-0.05, 0) is 12.3 Å². The Balaban J connectivity index is 3.29. The molecule has 0 bridgehead atoms. The Morgan fingerprint density at radius 2 is 2.07 bits per heavy atom. The fraction of sp³-hybridized carbons (Fsp3) is 0.833. The molecule has 0 saturated carbocycles. The van der Waals surface area contributed by atoms with Crippen LogP contribution >= 0.6 is 0 Å². The first-order chi connectivity index (χ1) is 6.85. The average molecular weight is 198 g/mol. The second-order valence-electron chi connectivity index (χ2n) is 3.46. The van der Waals surface area contributed by atoms with Gasteiger partial charge in [0.2, 0.25) is 0 Å². The molecule has 82 valence electrons. The summed E-state index contributed by atoms with van der Waals surface area (Å²) >= 11 is 0. The van der Waals surface area contributed by atoms with Crippen LogP contribution in [0.25, 0.3) is 0 Å². The maximum absolute atomic E-state index is 5.47. The van der Waals surface area contributed by atoms with Crippen LogP contribution in [0.4, 0.5) is 0 Å². The van der Waals surface area contributed by atoms with Crippen molar-refractivity contribution in [3.8, 4) is 12.5 Å². The zero-order chi connectivity index (χ0) is 10.6. The largest absolute Gasteiger partial charge is 0.444 e. The Kier molecular flexibility index (Phi) is 9.90. The van der Waals surface area contributed by atoms with E-state index in [4.69, 9.17) is 15.9 Å². The third-order valence-electron chi connectivity index (χ3n) is 2.31. The van der Waals surface area contributed by atoms with Crippen LogP contribution in [-0.4, -0.2) is 19.8 Å². The third kappa shape index (κ3) is 7.94. The molecule has 0 aliphatic carbocycles. The SMILES string of the molecule is C#COCCOCC(CC)CCCC. The predicted octanol–water partition coefficient (Wildman–Crippen LogP) is 2.83. The molecule has 2 nitrogen and oxygen atoms in total. The van der Waals surface area contributed by atoms with Crippen molar-refractivity contribution in [3.63, 3.8) is 0 Å². The second kappa shape index (κ2) is 10.4. The van der Waals surface area contributed by atoms with Gasteiger partial charge in [-0.1, -0.05) is 39.5 Å². The normalized spacial score (nSPS) is 12.1. The molecular formula is C12H22O2. The first-order valence-corrected chi connectivity index (χ1v) is 5.50. The van der Waals surface area contributed by atoms with Crippen LogP contribution in [0.15, 0.2) is 0 Å². The summed E-state index contributed by atoms with van der Waals surface area (Å²) in [7, 11) is 0. The van der Waals surface area contributed by atoms with Gasteiger partial charge in [-0.25, -0.2) is 0 Å². The van der Waals surface area contributed by atoms with Gasteiger partial charge in [-0.15, -0.1) is 0 Å². The number of hydrogen-bond acceptors (Lipinski definition) is 2. The molecule has 0 fully saturated rings. The summed E-state index contributed by atoms with van der Waals surface area (Å²) in [6.45, 7) is 6.37. The highest BCUT2D eigenvalue weighted by molar-refractivity contribution is 4.67. The lowest BCUT2D eigenvalue weighted by atomic mass is 10.0. The summed E-state index contributed by atoms with van der Waals surface area (Å²) in [4.78, 5) is 0. The minimum atomic E-state index is 0.501. The fourth-order valence-corrected chi connectivity index (χ4v) is 1.31. The lowest BCUT2D eigenvalue weighted by Crippen LogP contribution is -2.11. The standard InChI is InChI=1S/C12H22O2/c1-4-7-8-12(5-2)11-14-10-9-13-6-3/h3,12H,4-5,7-11H2,1-2H3. The van der Waals surface area contributed by atoms with E-state index >= 15 is 0 Å². The molecule has 0 N–H and O–H groups in total. The van der Waals surface area contributed by atoms with Gasteiger partial charge in [0.25, 0.3) is 0 Å². The monoisotopic (exact) mass is 198 g/mol. The molecule has 1 unspecified atom stereocenters. The van der Waals surface area contributed by atoms with Crippen molar-refractivity contribution in [1.82, 2.24) is 0 Å². The van der Waals surface area contributed by atoms with Crippen LogP contribution in [0.1, 0.15) is 39.5 Å². The maximum Gasteiger partial charge on any atom is 0.123 e. The molecule has 2 heteroatoms. The quantitative estimate of drug-likeness (QED) is 0.419. The minimum absolute atomic E-state index is 0.501. The number of ether oxygens (including phenoxy) is 2. The Hall–Kier alpha value is -0.680. The van der Waals surface area contributed by atoms with E-state index in [0.717, 1.165) is 6.61 Å². The van der Waals surface area contributed by atoms with Crippen molar-refractivity contribution in [1.29, 1.82) is 0 Å². The van der Waals surface area contributed by atoms with Gasteiger partial charge >= 0.3 is 0 Å². The molecule has 0 radical (unpaired) electrons. The molecule has 0 amide bonds. The summed E-state index contributed by atoms with van der Waals surface area (Å²) in [5.41, 5.74) is 0. The van der Waals surface area contributed by atoms with E-state index in [1.807, 2.05) is 0 Å². The van der Waals surface area contributed by atoms with Crippen molar-refractivity contribution in [2.75, 3.05) is 19.8 Å². The summed E-state index contributed by atoms with van der Waals surface area (Å²) in [5, 5.41) is 0. The number of hydrogen-bond donors (Lipinski definition) is 0. The number of unbranched alkanes of at least 4 members (excludes halogenated alkanes) is 1. The highest BCUT2D eigenvalue weighted by atomic mass is 16.5. The van der Waals surface area contributed by atoms with E-state index in [2.05, 4.69) is 20.0 Å². The molecule has 0 spiro atoms. The molecule has 0 aliphatic heterocycles. The van der Waals surface area contributed by atoms with E-state index in [0.29, 0.717) is 19.1 Å². The van der Waals surface area contributed by atoms with Gasteiger partial charge in [0.05, 0.1) is 6.61 Å². The maximum atomic E-state index is 5.47. The smallest absolute Gasteiger partial charge is 0.123 e. The topological polar surface area (TPSA) is 18.5 Å². The van der Waals surface area contributed by atoms with E-state index in [1.165, 1.54) is 25.7 Å². The third-order valence-corrected chi connectivity index (χ3v) is 2.31. The van der Waals surface area contributed by atoms with E-state index < -0.39 is 0 Å². The van der Waals surface area contributed by atoms with Gasteiger partial charge in [-0.2, -0.15) is 0 Å². The van der Waals surface area contributed by atoms with Gasteiger partial charge in [-0.3, -0.25) is 0 Å². The predicted molar refractivity (Wildman–Crippen MR) is 58.9 cm³/mol. The highest BCUT2D eigenvalue weighted by Crippen LogP contribution is 2.12. The van der Waals surface area contributed by atoms with Gasteiger partial charge in [0.15, 0.2) is 0 Å². The fourth-order valence-electron chi connectivity index (χ4n) is 1.31. The van der Waals surface area contributed by atoms with Crippen molar-refractivity contribution in [3.05, 3.63) is 0 Å². The van der Waals surface area contributed by atoms with Crippen molar-refractivity contribution in [2.24, 2.45) is 5.92 Å². The second-order valence-corrected chi connectivity index (χ2v) is 3.46. The van der Waals surface area contributed by atoms with Crippen LogP contribution in [0.2, 0.25) is 0 Å². The zero-order valence-corrected chi connectivity index (χ0v) is 9.42. The van der Waals surface area contributed by atoms with Crippen LogP contribution < -0.4 is 0 Å². The van der Waals surface area contributed by atoms with Gasteiger partial charge in [0.1, 0.15) is 12.7 Å². The molecule has 0 heterocycles. The summed E-state index contributed by atoms with van der Waals surface area (Å²) in [6.07, 6.45) is 12.1. The summed E-state index contributed by atoms with van der Waals surface area (Å²) in [5.74, 6) is 0.695. The first kappa shape index (κ1) is 13.3. The molecule has 14 heavy (non-hydrogen) atoms. The van der Waals surface area contributed by atoms with Crippen molar-refractivity contribution < 1.29 is 9.47 Å². The Bertz CT molecular complexity index is 149. The molecule has 0 aromatic heterocycles. The molecule has 0 saturated heterocycles. The number of terminal acetylenes is 1. The molecule has 1 atom stereocenters. The van der Waals surface area contributed by atoms with E-state index in [9.17, 15) is 0 Å². The zero-order valence-electron chi connectivity index (χ0n) is 9.42. The van der Waals surface area contributed by atoms with Gasteiger partial charge < -0.3 is 9.47 Å². The Labute approximate surface area is 88.0 Å². The summed E-state index contributed by atoms with van der Waals surface area (Å²) < 4.78 is 10.2. The minimum Gasteiger partial charge on any atom is -0.444 e. The highest BCUT2D eigenvalue weighted by Gasteiger charge is 2.05. The van der Waals surface area contributed by atoms with Crippen LogP contribution in [0.5, 0.6) is 0 Å². The Morgan fingerprint density at radius 3 is 2.64 bits per heavy atom. The van der Waals surface area contributed by atoms with Crippen molar-refractivity contribution >= 4 is 0 Å².